The number of nitrogens with zero attached hydrogens (tertiary/aromatic N) is 3. The maximum Gasteiger partial charge on any atom is 0.337 e. The average Bonchev–Trinajstić information content (AvgIpc) is 2.94. The minimum absolute atomic E-state index is 0.0283. The van der Waals surface area contributed by atoms with E-state index in [2.05, 4.69) is 20.2 Å². The number of fused-ring (bicyclic) bond motifs is 1. The first kappa shape index (κ1) is 25.0. The Balaban J connectivity index is 1.30. The van der Waals surface area contributed by atoms with Gasteiger partial charge in [-0.15, -0.1) is 0 Å². The minimum atomic E-state index is -0.373. The molecule has 5 rings (SSSR count). The van der Waals surface area contributed by atoms with Gasteiger partial charge in [0.2, 0.25) is 0 Å². The molecule has 1 amide bonds. The molecule has 1 aromatic heterocycles. The highest BCUT2D eigenvalue weighted by Gasteiger charge is 2.24. The zero-order valence-electron chi connectivity index (χ0n) is 20.1. The van der Waals surface area contributed by atoms with Crippen molar-refractivity contribution in [2.24, 2.45) is 0 Å². The first-order valence-electron chi connectivity index (χ1n) is 11.9. The topological polar surface area (TPSA) is 84.4 Å². The smallest absolute Gasteiger partial charge is 0.337 e. The summed E-state index contributed by atoms with van der Waals surface area (Å²) in [5, 5.41) is 4.65. The second kappa shape index (κ2) is 10.7. The van der Waals surface area contributed by atoms with Crippen LogP contribution in [0.25, 0.3) is 22.0 Å². The van der Waals surface area contributed by atoms with Gasteiger partial charge in [0.15, 0.2) is 0 Å². The van der Waals surface area contributed by atoms with Gasteiger partial charge in [0.05, 0.1) is 33.8 Å². The molecule has 4 aromatic rings. The van der Waals surface area contributed by atoms with Crippen LogP contribution in [-0.4, -0.2) is 48.1 Å². The van der Waals surface area contributed by atoms with Crippen LogP contribution in [0.4, 0.5) is 5.82 Å². The van der Waals surface area contributed by atoms with Gasteiger partial charge in [-0.1, -0.05) is 47.5 Å². The Morgan fingerprint density at radius 3 is 2.51 bits per heavy atom. The summed E-state index contributed by atoms with van der Waals surface area (Å²) in [6.07, 6.45) is 3.11. The molecule has 1 aliphatic heterocycles. The van der Waals surface area contributed by atoms with Gasteiger partial charge in [-0.2, -0.15) is 0 Å². The van der Waals surface area contributed by atoms with Crippen LogP contribution in [0.5, 0.6) is 0 Å². The maximum absolute atomic E-state index is 12.7. The number of hydrogen-bond acceptors (Lipinski definition) is 6. The lowest BCUT2D eigenvalue weighted by molar-refractivity contribution is 0.0600. The van der Waals surface area contributed by atoms with Crippen LogP contribution < -0.4 is 10.2 Å². The van der Waals surface area contributed by atoms with Crippen LogP contribution in [-0.2, 0) is 4.74 Å². The summed E-state index contributed by atoms with van der Waals surface area (Å²) in [7, 11) is 1.37. The number of benzene rings is 3. The average molecular weight is 535 g/mol. The Kier molecular flexibility index (Phi) is 7.26. The number of halogens is 2. The molecule has 7 nitrogen and oxygen atoms in total. The number of carbonyl (C=O) groups is 2. The van der Waals surface area contributed by atoms with Gasteiger partial charge in [-0.05, 0) is 60.4 Å². The van der Waals surface area contributed by atoms with E-state index in [0.29, 0.717) is 16.1 Å². The van der Waals surface area contributed by atoms with E-state index in [1.807, 2.05) is 36.4 Å². The summed E-state index contributed by atoms with van der Waals surface area (Å²) in [6, 6.07) is 18.4. The highest BCUT2D eigenvalue weighted by Crippen LogP contribution is 2.30. The van der Waals surface area contributed by atoms with Gasteiger partial charge >= 0.3 is 5.97 Å². The van der Waals surface area contributed by atoms with Crippen molar-refractivity contribution >= 4 is 51.8 Å². The molecule has 0 bridgehead atoms. The van der Waals surface area contributed by atoms with Crippen molar-refractivity contribution in [1.29, 1.82) is 0 Å². The van der Waals surface area contributed by atoms with Crippen molar-refractivity contribution in [1.82, 2.24) is 15.3 Å². The molecule has 9 heteroatoms. The fourth-order valence-corrected chi connectivity index (χ4v) is 4.98. The summed E-state index contributed by atoms with van der Waals surface area (Å²) in [6.45, 7) is 1.48. The van der Waals surface area contributed by atoms with E-state index in [-0.39, 0.29) is 22.9 Å². The number of aromatic nitrogens is 2. The van der Waals surface area contributed by atoms with Crippen LogP contribution in [0.1, 0.15) is 33.6 Å². The van der Waals surface area contributed by atoms with Crippen molar-refractivity contribution in [3.05, 3.63) is 88.2 Å². The summed E-state index contributed by atoms with van der Waals surface area (Å²) in [5.41, 5.74) is 3.55. The highest BCUT2D eigenvalue weighted by molar-refractivity contribution is 6.43. The first-order valence-corrected chi connectivity index (χ1v) is 12.6. The molecule has 1 N–H and O–H groups in total. The van der Waals surface area contributed by atoms with Gasteiger partial charge in [0.1, 0.15) is 12.1 Å². The van der Waals surface area contributed by atoms with E-state index in [1.165, 1.54) is 7.11 Å². The fourth-order valence-electron chi connectivity index (χ4n) is 4.60. The number of rotatable bonds is 5. The molecular weight excluding hydrogens is 511 g/mol. The summed E-state index contributed by atoms with van der Waals surface area (Å²) >= 11 is 12.3. The first-order chi connectivity index (χ1) is 17.9. The predicted octanol–water partition coefficient (Wildman–Crippen LogP) is 5.79. The normalized spacial score (nSPS) is 14.0. The third kappa shape index (κ3) is 5.24. The standard InChI is InChI=1S/C28H24Cl2N4O3/c1-37-28(36)19-5-2-4-17(14-19)18-8-9-21-24(15-18)31-16-32-26(21)34-12-10-20(11-13-34)33-27(35)22-6-3-7-23(29)25(22)30/h2-9,14-16,20H,10-13H2,1H3,(H,33,35). The zero-order chi connectivity index (χ0) is 25.9. The Morgan fingerprint density at radius 2 is 1.73 bits per heavy atom. The third-order valence-corrected chi connectivity index (χ3v) is 7.38. The van der Waals surface area contributed by atoms with Gasteiger partial charge < -0.3 is 15.0 Å². The molecule has 188 valence electrons. The molecule has 1 saturated heterocycles. The van der Waals surface area contributed by atoms with E-state index < -0.39 is 0 Å². The highest BCUT2D eigenvalue weighted by atomic mass is 35.5. The lowest BCUT2D eigenvalue weighted by Gasteiger charge is -2.33. The Morgan fingerprint density at radius 1 is 0.973 bits per heavy atom. The Bertz CT molecular complexity index is 1490. The summed E-state index contributed by atoms with van der Waals surface area (Å²) in [5.74, 6) is 0.271. The molecule has 0 atom stereocenters. The molecule has 0 aliphatic carbocycles. The molecular formula is C28H24Cl2N4O3. The molecule has 0 unspecified atom stereocenters. The van der Waals surface area contributed by atoms with Crippen LogP contribution in [0, 0.1) is 0 Å². The molecule has 0 radical (unpaired) electrons. The zero-order valence-corrected chi connectivity index (χ0v) is 21.6. The number of ether oxygens (including phenoxy) is 1. The van der Waals surface area contributed by atoms with Crippen LogP contribution in [0.2, 0.25) is 10.0 Å². The van der Waals surface area contributed by atoms with E-state index >= 15 is 0 Å². The third-order valence-electron chi connectivity index (χ3n) is 6.56. The maximum atomic E-state index is 12.7. The van der Waals surface area contributed by atoms with Crippen LogP contribution >= 0.6 is 23.2 Å². The number of anilines is 1. The molecule has 3 aromatic carbocycles. The van der Waals surface area contributed by atoms with Crippen LogP contribution in [0.3, 0.4) is 0 Å². The van der Waals surface area contributed by atoms with Gasteiger partial charge in [-0.25, -0.2) is 14.8 Å². The Labute approximate surface area is 224 Å². The van der Waals surface area contributed by atoms with E-state index in [9.17, 15) is 9.59 Å². The van der Waals surface area contributed by atoms with Gasteiger partial charge in [0, 0.05) is 24.5 Å². The van der Waals surface area contributed by atoms with Crippen LogP contribution in [0.15, 0.2) is 67.0 Å². The number of hydrogen-bond donors (Lipinski definition) is 1. The van der Waals surface area contributed by atoms with E-state index in [0.717, 1.165) is 53.8 Å². The van der Waals surface area contributed by atoms with Crippen molar-refractivity contribution in [3.63, 3.8) is 0 Å². The second-order valence-electron chi connectivity index (χ2n) is 8.84. The van der Waals surface area contributed by atoms with E-state index in [4.69, 9.17) is 27.9 Å². The minimum Gasteiger partial charge on any atom is -0.465 e. The Hall–Kier alpha value is -3.68. The fraction of sp³-hybridized carbons (Fsp3) is 0.214. The molecule has 1 fully saturated rings. The van der Waals surface area contributed by atoms with Crippen molar-refractivity contribution in [3.8, 4) is 11.1 Å². The number of piperidine rings is 1. The summed E-state index contributed by atoms with van der Waals surface area (Å²) < 4.78 is 4.84. The summed E-state index contributed by atoms with van der Waals surface area (Å²) in [4.78, 5) is 35.9. The molecule has 1 aliphatic rings. The molecule has 0 spiro atoms. The lowest BCUT2D eigenvalue weighted by Crippen LogP contribution is -2.45. The molecule has 37 heavy (non-hydrogen) atoms. The van der Waals surface area contributed by atoms with Crippen molar-refractivity contribution in [2.45, 2.75) is 18.9 Å². The quantitative estimate of drug-likeness (QED) is 0.326. The van der Waals surface area contributed by atoms with Gasteiger partial charge in [-0.3, -0.25) is 4.79 Å². The monoisotopic (exact) mass is 534 g/mol. The number of esters is 1. The largest absolute Gasteiger partial charge is 0.465 e. The van der Waals surface area contributed by atoms with Gasteiger partial charge in [0.25, 0.3) is 5.91 Å². The van der Waals surface area contributed by atoms with Crippen molar-refractivity contribution in [2.75, 3.05) is 25.1 Å². The molecule has 2 heterocycles. The number of nitrogens with one attached hydrogen (secondary N) is 1. The van der Waals surface area contributed by atoms with Crippen molar-refractivity contribution < 1.29 is 14.3 Å². The SMILES string of the molecule is COC(=O)c1cccc(-c2ccc3c(N4CCC(NC(=O)c5cccc(Cl)c5Cl)CC4)ncnc3c2)c1. The lowest BCUT2D eigenvalue weighted by atomic mass is 10.0. The predicted molar refractivity (Wildman–Crippen MR) is 145 cm³/mol. The number of methoxy groups -OCH3 is 1. The second-order valence-corrected chi connectivity index (χ2v) is 9.62. The number of carbonyl (C=O) groups excluding carboxylic acids is 2. The molecule has 0 saturated carbocycles. The number of amides is 1. The van der Waals surface area contributed by atoms with E-state index in [1.54, 1.807) is 30.6 Å².